The lowest BCUT2D eigenvalue weighted by Gasteiger charge is -2.22. The summed E-state index contributed by atoms with van der Waals surface area (Å²) >= 11 is 0. The molecule has 0 aromatic heterocycles. The van der Waals surface area contributed by atoms with Crippen molar-refractivity contribution in [3.8, 4) is 0 Å². The second kappa shape index (κ2) is 5.56. The first-order valence-electron chi connectivity index (χ1n) is 6.94. The van der Waals surface area contributed by atoms with Gasteiger partial charge in [0.1, 0.15) is 24.6 Å². The number of rotatable bonds is 4. The molecule has 0 spiro atoms. The molecule has 2 aliphatic rings. The van der Waals surface area contributed by atoms with Crippen molar-refractivity contribution in [2.75, 3.05) is 13.2 Å². The van der Waals surface area contributed by atoms with Crippen LogP contribution >= 0.6 is 0 Å². The Bertz CT molecular complexity index is 481. The monoisotopic (exact) mass is 276 g/mol. The summed E-state index contributed by atoms with van der Waals surface area (Å²) in [5.74, 6) is 0.307. The molecule has 1 aromatic carbocycles. The zero-order valence-electron chi connectivity index (χ0n) is 11.9. The fraction of sp³-hybridized carbons (Fsp3) is 0.500. The minimum atomic E-state index is -0.541. The van der Waals surface area contributed by atoms with Crippen molar-refractivity contribution in [3.63, 3.8) is 0 Å². The van der Waals surface area contributed by atoms with Gasteiger partial charge in [-0.3, -0.25) is 0 Å². The molecule has 4 heteroatoms. The summed E-state index contributed by atoms with van der Waals surface area (Å²) in [6.07, 6.45) is 1.71. The van der Waals surface area contributed by atoms with E-state index in [1.807, 2.05) is 50.3 Å². The number of hydrogen-bond donors (Lipinski definition) is 0. The highest BCUT2D eigenvalue weighted by molar-refractivity contribution is 5.15. The van der Waals surface area contributed by atoms with Gasteiger partial charge in [0, 0.05) is 0 Å². The molecule has 1 aromatic rings. The number of ether oxygens (including phenoxy) is 4. The predicted molar refractivity (Wildman–Crippen MR) is 74.0 cm³/mol. The highest BCUT2D eigenvalue weighted by Gasteiger charge is 2.41. The van der Waals surface area contributed by atoms with Crippen molar-refractivity contribution >= 4 is 0 Å². The molecule has 4 nitrogen and oxygen atoms in total. The normalized spacial score (nSPS) is 28.4. The topological polar surface area (TPSA) is 36.9 Å². The van der Waals surface area contributed by atoms with Crippen molar-refractivity contribution in [1.82, 2.24) is 0 Å². The molecule has 2 aliphatic heterocycles. The maximum absolute atomic E-state index is 5.88. The van der Waals surface area contributed by atoms with Crippen LogP contribution in [0.15, 0.2) is 42.2 Å². The summed E-state index contributed by atoms with van der Waals surface area (Å²) in [4.78, 5) is 0. The minimum absolute atomic E-state index is 0.102. The molecule has 1 saturated heterocycles. The SMILES string of the molecule is CC1(C)OC[C@H]([C@H]2OCC=C2OCc2ccccc2)O1. The van der Waals surface area contributed by atoms with E-state index in [9.17, 15) is 0 Å². The van der Waals surface area contributed by atoms with Gasteiger partial charge in [0.25, 0.3) is 0 Å². The lowest BCUT2D eigenvalue weighted by Crippen LogP contribution is -2.32. The van der Waals surface area contributed by atoms with E-state index in [0.717, 1.165) is 11.3 Å². The van der Waals surface area contributed by atoms with E-state index >= 15 is 0 Å². The van der Waals surface area contributed by atoms with Crippen molar-refractivity contribution in [1.29, 1.82) is 0 Å². The Kier molecular flexibility index (Phi) is 3.78. The molecule has 2 heterocycles. The van der Waals surface area contributed by atoms with Crippen LogP contribution in [0.25, 0.3) is 0 Å². The van der Waals surface area contributed by atoms with Crippen LogP contribution in [-0.4, -0.2) is 31.2 Å². The lowest BCUT2D eigenvalue weighted by atomic mass is 10.2. The smallest absolute Gasteiger partial charge is 0.163 e. The van der Waals surface area contributed by atoms with Crippen LogP contribution in [0, 0.1) is 0 Å². The minimum Gasteiger partial charge on any atom is -0.491 e. The van der Waals surface area contributed by atoms with Crippen LogP contribution in [0.3, 0.4) is 0 Å². The van der Waals surface area contributed by atoms with Gasteiger partial charge in [0.05, 0.1) is 13.2 Å². The van der Waals surface area contributed by atoms with E-state index in [2.05, 4.69) is 0 Å². The van der Waals surface area contributed by atoms with E-state index in [1.54, 1.807) is 0 Å². The lowest BCUT2D eigenvalue weighted by molar-refractivity contribution is -0.153. The van der Waals surface area contributed by atoms with E-state index in [0.29, 0.717) is 19.8 Å². The van der Waals surface area contributed by atoms with Gasteiger partial charge in [-0.1, -0.05) is 30.3 Å². The number of hydrogen-bond acceptors (Lipinski definition) is 4. The molecule has 3 rings (SSSR count). The van der Waals surface area contributed by atoms with Gasteiger partial charge in [-0.2, -0.15) is 0 Å². The molecule has 0 unspecified atom stereocenters. The quantitative estimate of drug-likeness (QED) is 0.847. The Hall–Kier alpha value is -1.36. The average Bonchev–Trinajstić information content (AvgIpc) is 3.03. The van der Waals surface area contributed by atoms with Crippen LogP contribution in [0.2, 0.25) is 0 Å². The molecule has 1 fully saturated rings. The second-order valence-electron chi connectivity index (χ2n) is 5.50. The van der Waals surface area contributed by atoms with Gasteiger partial charge >= 0.3 is 0 Å². The fourth-order valence-corrected chi connectivity index (χ4v) is 2.47. The van der Waals surface area contributed by atoms with Crippen LogP contribution in [0.1, 0.15) is 19.4 Å². The van der Waals surface area contributed by atoms with Crippen LogP contribution in [0.5, 0.6) is 0 Å². The molecule has 0 aliphatic carbocycles. The maximum atomic E-state index is 5.88. The third kappa shape index (κ3) is 3.03. The largest absolute Gasteiger partial charge is 0.491 e. The highest BCUT2D eigenvalue weighted by Crippen LogP contribution is 2.30. The molecule has 20 heavy (non-hydrogen) atoms. The first kappa shape index (κ1) is 13.6. The zero-order chi connectivity index (χ0) is 14.0. The maximum Gasteiger partial charge on any atom is 0.163 e. The summed E-state index contributed by atoms with van der Waals surface area (Å²) in [6, 6.07) is 10.1. The Balaban J connectivity index is 1.59. The van der Waals surface area contributed by atoms with E-state index < -0.39 is 5.79 Å². The second-order valence-corrected chi connectivity index (χ2v) is 5.50. The summed E-state index contributed by atoms with van der Waals surface area (Å²) < 4.78 is 23.0. The highest BCUT2D eigenvalue weighted by atomic mass is 16.8. The zero-order valence-corrected chi connectivity index (χ0v) is 11.9. The Morgan fingerprint density at radius 3 is 2.75 bits per heavy atom. The van der Waals surface area contributed by atoms with E-state index in [4.69, 9.17) is 18.9 Å². The van der Waals surface area contributed by atoms with Crippen molar-refractivity contribution in [2.24, 2.45) is 0 Å². The Morgan fingerprint density at radius 1 is 1.25 bits per heavy atom. The van der Waals surface area contributed by atoms with Crippen LogP contribution in [0.4, 0.5) is 0 Å². The molecule has 0 radical (unpaired) electrons. The van der Waals surface area contributed by atoms with Gasteiger partial charge in [0.15, 0.2) is 5.79 Å². The molecule has 108 valence electrons. The van der Waals surface area contributed by atoms with E-state index in [1.165, 1.54) is 0 Å². The van der Waals surface area contributed by atoms with Crippen LogP contribution in [-0.2, 0) is 25.6 Å². The van der Waals surface area contributed by atoms with Crippen molar-refractivity contribution < 1.29 is 18.9 Å². The summed E-state index contributed by atoms with van der Waals surface area (Å²) in [6.45, 7) is 5.47. The number of benzene rings is 1. The Morgan fingerprint density at radius 2 is 2.05 bits per heavy atom. The summed E-state index contributed by atoms with van der Waals surface area (Å²) in [5.41, 5.74) is 1.14. The van der Waals surface area contributed by atoms with Crippen molar-refractivity contribution in [2.45, 2.75) is 38.4 Å². The summed E-state index contributed by atoms with van der Waals surface area (Å²) in [5, 5.41) is 0. The predicted octanol–water partition coefficient (Wildman–Crippen LogP) is 2.64. The van der Waals surface area contributed by atoms with Gasteiger partial charge in [-0.05, 0) is 25.5 Å². The third-order valence-electron chi connectivity index (χ3n) is 3.46. The molecule has 0 amide bonds. The molecular formula is C16H20O4. The standard InChI is InChI=1S/C16H20O4/c1-16(2)19-11-14(20-16)15-13(8-9-17-15)18-10-12-6-4-3-5-7-12/h3-8,14-15H,9-11H2,1-2H3/t14-,15+/m1/s1. The van der Waals surface area contributed by atoms with Gasteiger partial charge in [-0.25, -0.2) is 0 Å². The molecule has 0 N–H and O–H groups in total. The molecule has 0 bridgehead atoms. The molecule has 0 saturated carbocycles. The molecule has 2 atom stereocenters. The van der Waals surface area contributed by atoms with Crippen molar-refractivity contribution in [3.05, 3.63) is 47.7 Å². The van der Waals surface area contributed by atoms with Crippen LogP contribution < -0.4 is 0 Å². The average molecular weight is 276 g/mol. The van der Waals surface area contributed by atoms with Gasteiger partial charge in [-0.15, -0.1) is 0 Å². The molecular weight excluding hydrogens is 256 g/mol. The van der Waals surface area contributed by atoms with Gasteiger partial charge in [0.2, 0.25) is 0 Å². The summed E-state index contributed by atoms with van der Waals surface area (Å²) in [7, 11) is 0. The van der Waals surface area contributed by atoms with E-state index in [-0.39, 0.29) is 12.2 Å². The fourth-order valence-electron chi connectivity index (χ4n) is 2.47. The van der Waals surface area contributed by atoms with Gasteiger partial charge < -0.3 is 18.9 Å². The first-order valence-corrected chi connectivity index (χ1v) is 6.94. The first-order chi connectivity index (χ1) is 9.64. The third-order valence-corrected chi connectivity index (χ3v) is 3.46. The Labute approximate surface area is 119 Å².